The van der Waals surface area contributed by atoms with Gasteiger partial charge in [-0.3, -0.25) is 4.79 Å². The smallest absolute Gasteiger partial charge is 0.234 e. The molecule has 7 heteroatoms. The molecule has 0 aliphatic carbocycles. The Hall–Kier alpha value is -1.93. The van der Waals surface area contributed by atoms with Crippen LogP contribution in [0.25, 0.3) is 11.0 Å². The molecule has 3 rings (SSSR count). The minimum Gasteiger partial charge on any atom is -0.460 e. The van der Waals surface area contributed by atoms with Crippen molar-refractivity contribution in [3.63, 3.8) is 0 Å². The van der Waals surface area contributed by atoms with Crippen LogP contribution in [-0.2, 0) is 4.74 Å². The van der Waals surface area contributed by atoms with Crippen LogP contribution >= 0.6 is 0 Å². The van der Waals surface area contributed by atoms with Gasteiger partial charge in [-0.15, -0.1) is 0 Å². The van der Waals surface area contributed by atoms with Gasteiger partial charge in [0, 0.05) is 0 Å². The Morgan fingerprint density at radius 2 is 1.82 bits per heavy atom. The predicted molar refractivity (Wildman–Crippen MR) is 75.5 cm³/mol. The van der Waals surface area contributed by atoms with E-state index in [4.69, 9.17) is 13.9 Å². The topological polar surface area (TPSA) is 109 Å². The fraction of sp³-hybridized carbons (Fsp3) is 0.400. The molecule has 2 heterocycles. The molecule has 3 N–H and O–H groups in total. The van der Waals surface area contributed by atoms with Crippen LogP contribution in [0.2, 0.25) is 0 Å². The van der Waals surface area contributed by atoms with E-state index in [0.29, 0.717) is 11.0 Å². The third kappa shape index (κ3) is 2.48. The molecule has 1 saturated heterocycles. The molecule has 118 valence electrons. The van der Waals surface area contributed by atoms with Gasteiger partial charge >= 0.3 is 0 Å². The zero-order chi connectivity index (χ0) is 15.9. The number of aliphatic hydroxyl groups excluding tert-OH is 3. The Kier molecular flexibility index (Phi) is 3.88. The summed E-state index contributed by atoms with van der Waals surface area (Å²) in [6.07, 6.45) is -5.06. The van der Waals surface area contributed by atoms with E-state index in [1.807, 2.05) is 0 Å². The molecule has 0 radical (unpaired) electrons. The number of hydrogen-bond donors (Lipinski definition) is 3. The van der Waals surface area contributed by atoms with Gasteiger partial charge in [0.25, 0.3) is 0 Å². The van der Waals surface area contributed by atoms with Crippen molar-refractivity contribution in [3.05, 3.63) is 40.8 Å². The van der Waals surface area contributed by atoms with Crippen LogP contribution in [0.4, 0.5) is 0 Å². The van der Waals surface area contributed by atoms with Crippen molar-refractivity contribution >= 4 is 11.0 Å². The Balaban J connectivity index is 1.90. The lowest BCUT2D eigenvalue weighted by Crippen LogP contribution is -2.58. The number of rotatable bonds is 2. The lowest BCUT2D eigenvalue weighted by molar-refractivity contribution is -0.268. The third-order valence-electron chi connectivity index (χ3n) is 3.70. The molecule has 0 saturated carbocycles. The van der Waals surface area contributed by atoms with E-state index >= 15 is 0 Å². The van der Waals surface area contributed by atoms with Crippen molar-refractivity contribution in [3.8, 4) is 5.75 Å². The maximum atomic E-state index is 12.3. The molecule has 0 unspecified atom stereocenters. The number of fused-ring (bicyclic) bond motifs is 1. The van der Waals surface area contributed by atoms with Gasteiger partial charge in [-0.25, -0.2) is 0 Å². The second kappa shape index (κ2) is 5.69. The lowest BCUT2D eigenvalue weighted by Gasteiger charge is -2.38. The highest BCUT2D eigenvalue weighted by molar-refractivity contribution is 5.77. The normalized spacial score (nSPS) is 32.1. The average molecular weight is 308 g/mol. The van der Waals surface area contributed by atoms with Crippen molar-refractivity contribution < 1.29 is 29.2 Å². The van der Waals surface area contributed by atoms with Crippen LogP contribution in [0.15, 0.2) is 39.7 Å². The molecule has 2 aromatic rings. The first-order valence-electron chi connectivity index (χ1n) is 6.86. The van der Waals surface area contributed by atoms with E-state index in [1.54, 1.807) is 24.3 Å². The first kappa shape index (κ1) is 15.0. The Morgan fingerprint density at radius 3 is 2.59 bits per heavy atom. The number of ether oxygens (including phenoxy) is 2. The van der Waals surface area contributed by atoms with Crippen LogP contribution in [0.1, 0.15) is 6.92 Å². The zero-order valence-electron chi connectivity index (χ0n) is 11.7. The number of aliphatic hydroxyl groups is 3. The lowest BCUT2D eigenvalue weighted by atomic mass is 10.00. The number of benzene rings is 1. The molecule has 7 nitrogen and oxygen atoms in total. The van der Waals surface area contributed by atoms with Gasteiger partial charge in [0.05, 0.1) is 11.5 Å². The van der Waals surface area contributed by atoms with E-state index in [9.17, 15) is 20.1 Å². The monoisotopic (exact) mass is 308 g/mol. The summed E-state index contributed by atoms with van der Waals surface area (Å²) in [5, 5.41) is 29.6. The first-order chi connectivity index (χ1) is 10.5. The molecular weight excluding hydrogens is 292 g/mol. The van der Waals surface area contributed by atoms with E-state index in [-0.39, 0.29) is 5.75 Å². The summed E-state index contributed by atoms with van der Waals surface area (Å²) in [6, 6.07) is 6.67. The van der Waals surface area contributed by atoms with Gasteiger partial charge in [-0.1, -0.05) is 12.1 Å². The van der Waals surface area contributed by atoms with Crippen LogP contribution in [-0.4, -0.2) is 46.0 Å². The van der Waals surface area contributed by atoms with E-state index in [1.165, 1.54) is 6.92 Å². The maximum absolute atomic E-state index is 12.3. The molecule has 22 heavy (non-hydrogen) atoms. The molecule has 5 atom stereocenters. The molecule has 1 aromatic carbocycles. The highest BCUT2D eigenvalue weighted by Crippen LogP contribution is 2.23. The summed E-state index contributed by atoms with van der Waals surface area (Å²) in [5.74, 6) is -0.140. The van der Waals surface area contributed by atoms with Gasteiger partial charge in [0.2, 0.25) is 17.5 Å². The predicted octanol–water partition coefficient (Wildman–Crippen LogP) is -0.000700. The van der Waals surface area contributed by atoms with Crippen molar-refractivity contribution in [1.82, 2.24) is 0 Å². The molecule has 0 amide bonds. The second-order valence-corrected chi connectivity index (χ2v) is 5.22. The number of para-hydroxylation sites is 1. The van der Waals surface area contributed by atoms with Gasteiger partial charge in [-0.05, 0) is 19.1 Å². The Bertz CT molecular complexity index is 725. The highest BCUT2D eigenvalue weighted by Gasteiger charge is 2.43. The molecule has 1 aromatic heterocycles. The zero-order valence-corrected chi connectivity index (χ0v) is 11.7. The van der Waals surface area contributed by atoms with Crippen LogP contribution < -0.4 is 10.2 Å². The highest BCUT2D eigenvalue weighted by atomic mass is 16.7. The van der Waals surface area contributed by atoms with Gasteiger partial charge in [0.15, 0.2) is 0 Å². The maximum Gasteiger partial charge on any atom is 0.234 e. The van der Waals surface area contributed by atoms with Crippen LogP contribution in [0.5, 0.6) is 5.75 Å². The summed E-state index contributed by atoms with van der Waals surface area (Å²) < 4.78 is 15.9. The SMILES string of the molecule is C[C@@H]1O[C@@H](Oc2coc3ccccc3c2=O)[C@H](O)[C@H](O)[C@H]1O. The van der Waals surface area contributed by atoms with Crippen LogP contribution in [0, 0.1) is 0 Å². The van der Waals surface area contributed by atoms with Crippen molar-refractivity contribution in [2.24, 2.45) is 0 Å². The minimum atomic E-state index is -1.49. The van der Waals surface area contributed by atoms with Crippen molar-refractivity contribution in [1.29, 1.82) is 0 Å². The average Bonchev–Trinajstić information content (AvgIpc) is 2.53. The largest absolute Gasteiger partial charge is 0.460 e. The summed E-state index contributed by atoms with van der Waals surface area (Å²) in [5.41, 5.74) is -0.000277. The van der Waals surface area contributed by atoms with E-state index in [0.717, 1.165) is 6.26 Å². The summed E-state index contributed by atoms with van der Waals surface area (Å²) in [6.45, 7) is 1.53. The summed E-state index contributed by atoms with van der Waals surface area (Å²) in [7, 11) is 0. The first-order valence-corrected chi connectivity index (χ1v) is 6.86. The van der Waals surface area contributed by atoms with Gasteiger partial charge < -0.3 is 29.2 Å². The standard InChI is InChI=1S/C15H16O7/c1-7-11(16)13(18)14(19)15(21-7)22-10-6-20-9-5-3-2-4-8(9)12(10)17/h2-7,11,13-16,18-19H,1H3/t7-,11-,13+,14+,15-/m0/s1. The summed E-state index contributed by atoms with van der Waals surface area (Å²) >= 11 is 0. The third-order valence-corrected chi connectivity index (χ3v) is 3.70. The summed E-state index contributed by atoms with van der Waals surface area (Å²) in [4.78, 5) is 12.3. The van der Waals surface area contributed by atoms with Crippen LogP contribution in [0.3, 0.4) is 0 Å². The minimum absolute atomic E-state index is 0.140. The van der Waals surface area contributed by atoms with Crippen molar-refractivity contribution in [2.45, 2.75) is 37.6 Å². The van der Waals surface area contributed by atoms with Crippen molar-refractivity contribution in [2.75, 3.05) is 0 Å². The second-order valence-electron chi connectivity index (χ2n) is 5.22. The quantitative estimate of drug-likeness (QED) is 0.716. The Labute approximate surface area is 125 Å². The van der Waals surface area contributed by atoms with E-state index < -0.39 is 36.1 Å². The fourth-order valence-corrected chi connectivity index (χ4v) is 2.38. The molecule has 1 fully saturated rings. The van der Waals surface area contributed by atoms with Gasteiger partial charge in [0.1, 0.15) is 30.2 Å². The molecule has 0 bridgehead atoms. The van der Waals surface area contributed by atoms with Gasteiger partial charge in [-0.2, -0.15) is 0 Å². The Morgan fingerprint density at radius 1 is 1.09 bits per heavy atom. The molecule has 1 aliphatic rings. The molecule has 0 spiro atoms. The number of hydrogen-bond acceptors (Lipinski definition) is 7. The molecule has 1 aliphatic heterocycles. The van der Waals surface area contributed by atoms with E-state index in [2.05, 4.69) is 0 Å². The molecular formula is C15H16O7. The fourth-order valence-electron chi connectivity index (χ4n) is 2.38.